The van der Waals surface area contributed by atoms with Crippen LogP contribution in [0.3, 0.4) is 0 Å². The third-order valence-corrected chi connectivity index (χ3v) is 7.42. The molecule has 0 saturated carbocycles. The van der Waals surface area contributed by atoms with Crippen molar-refractivity contribution in [3.63, 3.8) is 0 Å². The molecule has 11 nitrogen and oxygen atoms in total. The van der Waals surface area contributed by atoms with Gasteiger partial charge in [0.05, 0.1) is 6.26 Å². The van der Waals surface area contributed by atoms with Crippen LogP contribution in [0.25, 0.3) is 10.9 Å². The van der Waals surface area contributed by atoms with Crippen LogP contribution in [0.2, 0.25) is 0 Å². The molecule has 36 heavy (non-hydrogen) atoms. The van der Waals surface area contributed by atoms with Gasteiger partial charge in [0.15, 0.2) is 0 Å². The molecule has 1 fully saturated rings. The monoisotopic (exact) mass is 512 g/mol. The lowest BCUT2D eigenvalue weighted by Crippen LogP contribution is -2.63. The van der Waals surface area contributed by atoms with Crippen molar-refractivity contribution >= 4 is 44.5 Å². The van der Waals surface area contributed by atoms with Crippen LogP contribution in [0.4, 0.5) is 10.5 Å². The van der Waals surface area contributed by atoms with E-state index in [1.165, 1.54) is 4.90 Å². The number of rotatable bonds is 7. The highest BCUT2D eigenvalue weighted by Gasteiger charge is 2.40. The molecule has 4 amide bonds. The molecule has 12 heteroatoms. The van der Waals surface area contributed by atoms with E-state index >= 15 is 0 Å². The molecule has 1 aliphatic rings. The van der Waals surface area contributed by atoms with E-state index in [-0.39, 0.29) is 26.1 Å². The maximum Gasteiger partial charge on any atom is 0.321 e. The van der Waals surface area contributed by atoms with Gasteiger partial charge in [-0.15, -0.1) is 0 Å². The Morgan fingerprint density at radius 1 is 1.08 bits per heavy atom. The van der Waals surface area contributed by atoms with Crippen molar-refractivity contribution in [3.8, 4) is 0 Å². The van der Waals surface area contributed by atoms with Gasteiger partial charge in [-0.25, -0.2) is 13.2 Å². The van der Waals surface area contributed by atoms with Crippen LogP contribution in [0.15, 0.2) is 60.8 Å². The van der Waals surface area contributed by atoms with Crippen LogP contribution in [-0.2, 0) is 26.0 Å². The highest BCUT2D eigenvalue weighted by atomic mass is 32.2. The summed E-state index contributed by atoms with van der Waals surface area (Å²) >= 11 is 0. The zero-order valence-electron chi connectivity index (χ0n) is 19.7. The Balaban J connectivity index is 1.51. The Morgan fingerprint density at radius 2 is 1.78 bits per heavy atom. The quantitative estimate of drug-likeness (QED) is 0.369. The first-order valence-electron chi connectivity index (χ1n) is 11.4. The summed E-state index contributed by atoms with van der Waals surface area (Å²) < 4.78 is 25.9. The van der Waals surface area contributed by atoms with Gasteiger partial charge in [0.25, 0.3) is 0 Å². The number of urea groups is 1. The zero-order chi connectivity index (χ0) is 25.9. The summed E-state index contributed by atoms with van der Waals surface area (Å²) in [6.45, 7) is -0.150. The van der Waals surface area contributed by atoms with Gasteiger partial charge in [-0.05, 0) is 23.8 Å². The van der Waals surface area contributed by atoms with Crippen LogP contribution in [0.1, 0.15) is 5.56 Å². The third kappa shape index (κ3) is 5.66. The number of fused-ring (bicyclic) bond motifs is 1. The smallest absolute Gasteiger partial charge is 0.321 e. The van der Waals surface area contributed by atoms with E-state index in [1.807, 2.05) is 30.3 Å². The summed E-state index contributed by atoms with van der Waals surface area (Å²) in [5, 5.41) is 6.23. The Morgan fingerprint density at radius 3 is 2.47 bits per heavy atom. The van der Waals surface area contributed by atoms with E-state index in [0.717, 1.165) is 27.0 Å². The number of amides is 4. The predicted octanol–water partition coefficient (Wildman–Crippen LogP) is 0.858. The van der Waals surface area contributed by atoms with Gasteiger partial charge in [-0.3, -0.25) is 9.59 Å². The Kier molecular flexibility index (Phi) is 7.27. The molecule has 190 valence electrons. The number of anilines is 1. The molecule has 2 aromatic carbocycles. The van der Waals surface area contributed by atoms with Gasteiger partial charge in [-0.2, -0.15) is 4.31 Å². The average molecular weight is 513 g/mol. The number of benzene rings is 2. The summed E-state index contributed by atoms with van der Waals surface area (Å²) in [7, 11) is -3.77. The number of nitrogens with two attached hydrogens (primary N) is 1. The molecule has 1 aliphatic heterocycles. The number of hydrogen-bond acceptors (Lipinski definition) is 5. The maximum absolute atomic E-state index is 13.3. The maximum atomic E-state index is 13.3. The lowest BCUT2D eigenvalue weighted by molar-refractivity contribution is -0.130. The third-order valence-electron chi connectivity index (χ3n) is 6.13. The van der Waals surface area contributed by atoms with E-state index in [1.54, 1.807) is 30.5 Å². The molecule has 0 radical (unpaired) electrons. The minimum Gasteiger partial charge on any atom is -0.368 e. The van der Waals surface area contributed by atoms with Gasteiger partial charge >= 0.3 is 6.03 Å². The van der Waals surface area contributed by atoms with Crippen molar-refractivity contribution in [2.75, 3.05) is 31.2 Å². The number of sulfonamides is 1. The van der Waals surface area contributed by atoms with Crippen molar-refractivity contribution in [3.05, 3.63) is 66.4 Å². The molecule has 2 heterocycles. The van der Waals surface area contributed by atoms with Crippen LogP contribution in [0.5, 0.6) is 0 Å². The van der Waals surface area contributed by atoms with Gasteiger partial charge in [0, 0.05) is 48.8 Å². The summed E-state index contributed by atoms with van der Waals surface area (Å²) in [4.78, 5) is 42.8. The average Bonchev–Trinajstić information content (AvgIpc) is 3.26. The number of nitrogens with one attached hydrogen (secondary N) is 3. The van der Waals surface area contributed by atoms with Crippen LogP contribution >= 0.6 is 0 Å². The first-order chi connectivity index (χ1) is 17.1. The minimum absolute atomic E-state index is 0.0667. The topological polar surface area (TPSA) is 158 Å². The number of aromatic amines is 1. The molecule has 3 aromatic rings. The predicted molar refractivity (Wildman–Crippen MR) is 135 cm³/mol. The van der Waals surface area contributed by atoms with Crippen LogP contribution in [-0.4, -0.2) is 78.4 Å². The van der Waals surface area contributed by atoms with Gasteiger partial charge in [0.2, 0.25) is 21.8 Å². The fraction of sp³-hybridized carbons (Fsp3) is 0.292. The summed E-state index contributed by atoms with van der Waals surface area (Å²) in [6, 6.07) is 13.5. The summed E-state index contributed by atoms with van der Waals surface area (Å²) in [5.41, 5.74) is 7.81. The molecule has 5 N–H and O–H groups in total. The standard InChI is InChI=1S/C24H28N6O5S/c1-36(34,35)30-12-11-29(24(33)27-17-7-3-2-4-8-17)15-21(30)23(32)28-20(22(25)31)13-16-14-26-19-10-6-5-9-18(16)19/h2-10,14,20-21,26H,11-13,15H2,1H3,(H2,25,31)(H,27,33)(H,28,32)/t20-,21+/m1/s1. The van der Waals surface area contributed by atoms with Crippen LogP contribution in [0, 0.1) is 0 Å². The van der Waals surface area contributed by atoms with Crippen molar-refractivity contribution in [2.24, 2.45) is 5.73 Å². The van der Waals surface area contributed by atoms with Gasteiger partial charge < -0.3 is 26.3 Å². The molecule has 0 spiro atoms. The summed E-state index contributed by atoms with van der Waals surface area (Å²) in [6.07, 6.45) is 2.87. The molecule has 0 bridgehead atoms. The molecule has 2 atom stereocenters. The van der Waals surface area contributed by atoms with E-state index < -0.39 is 40.0 Å². The van der Waals surface area contributed by atoms with Crippen molar-refractivity contribution < 1.29 is 22.8 Å². The molecular formula is C24H28N6O5S. The van der Waals surface area contributed by atoms with Crippen molar-refractivity contribution in [2.45, 2.75) is 18.5 Å². The number of aromatic nitrogens is 1. The Bertz CT molecular complexity index is 1370. The highest BCUT2D eigenvalue weighted by molar-refractivity contribution is 7.88. The fourth-order valence-corrected chi connectivity index (χ4v) is 5.33. The number of carbonyl (C=O) groups is 3. The SMILES string of the molecule is CS(=O)(=O)N1CCN(C(=O)Nc2ccccc2)C[C@H]1C(=O)N[C@H](Cc1c[nH]c2ccccc12)C(N)=O. The molecule has 1 aromatic heterocycles. The number of hydrogen-bond donors (Lipinski definition) is 4. The number of nitrogens with zero attached hydrogens (tertiary/aromatic N) is 2. The lowest BCUT2D eigenvalue weighted by Gasteiger charge is -2.39. The number of para-hydroxylation sites is 2. The molecule has 4 rings (SSSR count). The normalized spacial score (nSPS) is 17.5. The van der Waals surface area contributed by atoms with Crippen molar-refractivity contribution in [1.82, 2.24) is 19.5 Å². The molecular weight excluding hydrogens is 484 g/mol. The first-order valence-corrected chi connectivity index (χ1v) is 13.2. The summed E-state index contributed by atoms with van der Waals surface area (Å²) in [5.74, 6) is -1.46. The largest absolute Gasteiger partial charge is 0.368 e. The fourth-order valence-electron chi connectivity index (χ4n) is 4.30. The molecule has 0 unspecified atom stereocenters. The number of carbonyl (C=O) groups excluding carboxylic acids is 3. The number of H-pyrrole nitrogens is 1. The Hall–Kier alpha value is -3.90. The molecule has 1 saturated heterocycles. The van der Waals surface area contributed by atoms with Gasteiger partial charge in [-0.1, -0.05) is 36.4 Å². The van der Waals surface area contributed by atoms with E-state index in [4.69, 9.17) is 5.73 Å². The zero-order valence-corrected chi connectivity index (χ0v) is 20.5. The van der Waals surface area contributed by atoms with Crippen molar-refractivity contribution in [1.29, 1.82) is 0 Å². The van der Waals surface area contributed by atoms with Crippen LogP contribution < -0.4 is 16.4 Å². The second-order valence-electron chi connectivity index (χ2n) is 8.66. The second-order valence-corrected chi connectivity index (χ2v) is 10.6. The number of primary amides is 1. The Labute approximate surface area is 208 Å². The van der Waals surface area contributed by atoms with E-state index in [0.29, 0.717) is 5.69 Å². The second kappa shape index (κ2) is 10.4. The van der Waals surface area contributed by atoms with Gasteiger partial charge in [0.1, 0.15) is 12.1 Å². The minimum atomic E-state index is -3.77. The highest BCUT2D eigenvalue weighted by Crippen LogP contribution is 2.20. The van der Waals surface area contributed by atoms with E-state index in [2.05, 4.69) is 15.6 Å². The molecule has 0 aliphatic carbocycles. The van der Waals surface area contributed by atoms with E-state index in [9.17, 15) is 22.8 Å². The lowest BCUT2D eigenvalue weighted by atomic mass is 10.0. The number of piperazine rings is 1. The first kappa shape index (κ1) is 25.2.